The van der Waals surface area contributed by atoms with Crippen LogP contribution in [-0.4, -0.2) is 16.7 Å². The molecule has 6 heteroatoms. The predicted molar refractivity (Wildman–Crippen MR) is 117 cm³/mol. The second kappa shape index (κ2) is 8.36. The molecule has 0 saturated carbocycles. The van der Waals surface area contributed by atoms with Crippen molar-refractivity contribution in [1.82, 2.24) is 4.98 Å². The molecule has 1 N–H and O–H groups in total. The standard InChI is InChI=1S/C23H20Cl2N2O2/c1-23(2,3)16-8-4-15(5-9-16)22(29)27-19-12-18(25)13-26-20(19)21(28)14-6-10-17(24)11-7-14/h4-13H,1-3H3,(H,27,29). The van der Waals surface area contributed by atoms with Gasteiger partial charge in [-0.3, -0.25) is 9.59 Å². The van der Waals surface area contributed by atoms with Crippen molar-refractivity contribution in [3.05, 3.63) is 93.2 Å². The number of nitrogens with one attached hydrogen (secondary N) is 1. The maximum absolute atomic E-state index is 12.9. The molecule has 29 heavy (non-hydrogen) atoms. The third-order valence-electron chi connectivity index (χ3n) is 4.44. The fraction of sp³-hybridized carbons (Fsp3) is 0.174. The molecule has 1 heterocycles. The summed E-state index contributed by atoms with van der Waals surface area (Å²) in [5.41, 5.74) is 2.36. The van der Waals surface area contributed by atoms with Gasteiger partial charge < -0.3 is 5.32 Å². The first kappa shape index (κ1) is 21.0. The van der Waals surface area contributed by atoms with Gasteiger partial charge in [0.1, 0.15) is 5.69 Å². The summed E-state index contributed by atoms with van der Waals surface area (Å²) in [4.78, 5) is 29.7. The maximum atomic E-state index is 12.9. The van der Waals surface area contributed by atoms with Crippen molar-refractivity contribution < 1.29 is 9.59 Å². The number of nitrogens with zero attached hydrogens (tertiary/aromatic N) is 1. The Kier molecular flexibility index (Phi) is 6.06. The topological polar surface area (TPSA) is 59.1 Å². The van der Waals surface area contributed by atoms with Crippen LogP contribution in [0.1, 0.15) is 52.7 Å². The van der Waals surface area contributed by atoms with E-state index in [9.17, 15) is 9.59 Å². The summed E-state index contributed by atoms with van der Waals surface area (Å²) in [5, 5.41) is 3.60. The zero-order valence-electron chi connectivity index (χ0n) is 16.3. The van der Waals surface area contributed by atoms with Gasteiger partial charge in [0.05, 0.1) is 10.7 Å². The average Bonchev–Trinajstić information content (AvgIpc) is 2.67. The normalized spacial score (nSPS) is 11.2. The lowest BCUT2D eigenvalue weighted by Crippen LogP contribution is -2.17. The van der Waals surface area contributed by atoms with E-state index in [2.05, 4.69) is 31.1 Å². The first-order chi connectivity index (χ1) is 13.6. The fourth-order valence-electron chi connectivity index (χ4n) is 2.77. The van der Waals surface area contributed by atoms with Crippen LogP contribution in [0.15, 0.2) is 60.8 Å². The van der Waals surface area contributed by atoms with Crippen molar-refractivity contribution in [3.63, 3.8) is 0 Å². The number of anilines is 1. The van der Waals surface area contributed by atoms with Gasteiger partial charge in [0.2, 0.25) is 5.78 Å². The molecule has 1 amide bonds. The Balaban J connectivity index is 1.89. The van der Waals surface area contributed by atoms with Crippen LogP contribution < -0.4 is 5.32 Å². The molecule has 0 aliphatic rings. The third kappa shape index (κ3) is 5.03. The minimum Gasteiger partial charge on any atom is -0.320 e. The molecule has 1 aromatic heterocycles. The number of hydrogen-bond acceptors (Lipinski definition) is 3. The summed E-state index contributed by atoms with van der Waals surface area (Å²) in [6.07, 6.45) is 1.37. The van der Waals surface area contributed by atoms with Crippen LogP contribution >= 0.6 is 23.2 Å². The minimum absolute atomic E-state index is 0.00987. The molecule has 0 aliphatic heterocycles. The molecule has 0 fully saturated rings. The first-order valence-corrected chi connectivity index (χ1v) is 9.78. The summed E-state index contributed by atoms with van der Waals surface area (Å²) >= 11 is 11.9. The molecule has 0 bridgehead atoms. The molecule has 0 radical (unpaired) electrons. The lowest BCUT2D eigenvalue weighted by atomic mass is 9.87. The Morgan fingerprint density at radius 1 is 0.862 bits per heavy atom. The largest absolute Gasteiger partial charge is 0.320 e. The van der Waals surface area contributed by atoms with E-state index in [1.165, 1.54) is 12.3 Å². The molecule has 0 spiro atoms. The third-order valence-corrected chi connectivity index (χ3v) is 4.90. The molecule has 0 saturated heterocycles. The molecular formula is C23H20Cl2N2O2. The number of carbonyl (C=O) groups excluding carboxylic acids is 2. The predicted octanol–water partition coefficient (Wildman–Crippen LogP) is 6.17. The number of halogens is 2. The van der Waals surface area contributed by atoms with Crippen LogP contribution in [0, 0.1) is 0 Å². The Morgan fingerprint density at radius 2 is 1.45 bits per heavy atom. The number of ketones is 1. The lowest BCUT2D eigenvalue weighted by molar-refractivity contribution is 0.102. The summed E-state index contributed by atoms with van der Waals surface area (Å²) in [7, 11) is 0. The number of amides is 1. The Hall–Kier alpha value is -2.69. The van der Waals surface area contributed by atoms with Crippen LogP contribution in [0.2, 0.25) is 10.0 Å². The van der Waals surface area contributed by atoms with E-state index in [4.69, 9.17) is 23.2 Å². The fourth-order valence-corrected chi connectivity index (χ4v) is 3.05. The van der Waals surface area contributed by atoms with Crippen molar-refractivity contribution in [2.75, 3.05) is 5.32 Å². The van der Waals surface area contributed by atoms with Gasteiger partial charge in [-0.2, -0.15) is 0 Å². The van der Waals surface area contributed by atoms with Gasteiger partial charge in [0.15, 0.2) is 0 Å². The van der Waals surface area contributed by atoms with Gasteiger partial charge in [0, 0.05) is 22.3 Å². The minimum atomic E-state index is -0.348. The second-order valence-corrected chi connectivity index (χ2v) is 8.54. The molecule has 148 valence electrons. The van der Waals surface area contributed by atoms with Gasteiger partial charge in [-0.1, -0.05) is 56.1 Å². The number of pyridine rings is 1. The van der Waals surface area contributed by atoms with Crippen molar-refractivity contribution >= 4 is 40.6 Å². The van der Waals surface area contributed by atoms with E-state index < -0.39 is 0 Å². The highest BCUT2D eigenvalue weighted by molar-refractivity contribution is 6.31. The van der Waals surface area contributed by atoms with Crippen LogP contribution in [0.4, 0.5) is 5.69 Å². The molecular weight excluding hydrogens is 407 g/mol. The van der Waals surface area contributed by atoms with Crippen LogP contribution in [0.25, 0.3) is 0 Å². The Labute approximate surface area is 179 Å². The highest BCUT2D eigenvalue weighted by atomic mass is 35.5. The van der Waals surface area contributed by atoms with Gasteiger partial charge in [-0.15, -0.1) is 0 Å². The maximum Gasteiger partial charge on any atom is 0.255 e. The molecule has 3 rings (SSSR count). The van der Waals surface area contributed by atoms with Crippen molar-refractivity contribution in [3.8, 4) is 0 Å². The summed E-state index contributed by atoms with van der Waals surface area (Å²) in [6.45, 7) is 6.32. The van der Waals surface area contributed by atoms with E-state index in [0.29, 0.717) is 21.2 Å². The van der Waals surface area contributed by atoms with E-state index in [1.807, 2.05) is 12.1 Å². The number of carbonyl (C=O) groups is 2. The van der Waals surface area contributed by atoms with Gasteiger partial charge in [0.25, 0.3) is 5.91 Å². The molecule has 0 atom stereocenters. The quantitative estimate of drug-likeness (QED) is 0.507. The molecule has 0 aliphatic carbocycles. The zero-order chi connectivity index (χ0) is 21.2. The first-order valence-electron chi connectivity index (χ1n) is 9.03. The Morgan fingerprint density at radius 3 is 2.03 bits per heavy atom. The summed E-state index contributed by atoms with van der Waals surface area (Å²) in [5.74, 6) is -0.684. The summed E-state index contributed by atoms with van der Waals surface area (Å²) < 4.78 is 0. The Bertz CT molecular complexity index is 1050. The summed E-state index contributed by atoms with van der Waals surface area (Å²) in [6, 6.07) is 15.3. The highest BCUT2D eigenvalue weighted by Gasteiger charge is 2.19. The van der Waals surface area contributed by atoms with E-state index >= 15 is 0 Å². The molecule has 2 aromatic carbocycles. The monoisotopic (exact) mass is 426 g/mol. The number of hydrogen-bond donors (Lipinski definition) is 1. The van der Waals surface area contributed by atoms with Gasteiger partial charge >= 0.3 is 0 Å². The molecule has 3 aromatic rings. The highest BCUT2D eigenvalue weighted by Crippen LogP contribution is 2.25. The molecule has 0 unspecified atom stereocenters. The lowest BCUT2D eigenvalue weighted by Gasteiger charge is -2.19. The number of aromatic nitrogens is 1. The van der Waals surface area contributed by atoms with E-state index in [0.717, 1.165) is 5.56 Å². The van der Waals surface area contributed by atoms with Crippen LogP contribution in [0.5, 0.6) is 0 Å². The second-order valence-electron chi connectivity index (χ2n) is 7.67. The van der Waals surface area contributed by atoms with Crippen molar-refractivity contribution in [1.29, 1.82) is 0 Å². The SMILES string of the molecule is CC(C)(C)c1ccc(C(=O)Nc2cc(Cl)cnc2C(=O)c2ccc(Cl)cc2)cc1. The van der Waals surface area contributed by atoms with Crippen LogP contribution in [0.3, 0.4) is 0 Å². The van der Waals surface area contributed by atoms with Gasteiger partial charge in [-0.05, 0) is 53.4 Å². The average molecular weight is 427 g/mol. The van der Waals surface area contributed by atoms with Gasteiger partial charge in [-0.25, -0.2) is 4.98 Å². The smallest absolute Gasteiger partial charge is 0.255 e. The number of benzene rings is 2. The zero-order valence-corrected chi connectivity index (χ0v) is 17.8. The molecule has 4 nitrogen and oxygen atoms in total. The van der Waals surface area contributed by atoms with E-state index in [1.54, 1.807) is 36.4 Å². The van der Waals surface area contributed by atoms with Crippen molar-refractivity contribution in [2.24, 2.45) is 0 Å². The number of rotatable bonds is 4. The van der Waals surface area contributed by atoms with E-state index in [-0.39, 0.29) is 28.5 Å². The van der Waals surface area contributed by atoms with Crippen molar-refractivity contribution in [2.45, 2.75) is 26.2 Å². The van der Waals surface area contributed by atoms with Crippen LogP contribution in [-0.2, 0) is 5.41 Å².